The molecule has 0 saturated heterocycles. The molecular weight excluding hydrogens is 482 g/mol. The van der Waals surface area contributed by atoms with Gasteiger partial charge in [0.1, 0.15) is 5.75 Å². The highest BCUT2D eigenvalue weighted by atomic mass is 35.5. The molecule has 0 fully saturated rings. The lowest BCUT2D eigenvalue weighted by Crippen LogP contribution is -2.21. The number of carbonyl (C=O) groups excluding carboxylic acids is 1. The highest BCUT2D eigenvalue weighted by Crippen LogP contribution is 2.35. The highest BCUT2D eigenvalue weighted by molar-refractivity contribution is 7.89. The molecule has 0 spiro atoms. The summed E-state index contributed by atoms with van der Waals surface area (Å²) in [4.78, 5) is 19.6. The Morgan fingerprint density at radius 3 is 2.65 bits per heavy atom. The number of nitrogens with two attached hydrogens (primary N) is 1. The van der Waals surface area contributed by atoms with Gasteiger partial charge < -0.3 is 14.8 Å². The van der Waals surface area contributed by atoms with E-state index < -0.39 is 22.5 Å². The van der Waals surface area contributed by atoms with Gasteiger partial charge in [0, 0.05) is 11.1 Å². The maximum absolute atomic E-state index is 12.4. The van der Waals surface area contributed by atoms with Crippen LogP contribution in [0.1, 0.15) is 11.3 Å². The van der Waals surface area contributed by atoms with Crippen molar-refractivity contribution < 1.29 is 22.7 Å². The summed E-state index contributed by atoms with van der Waals surface area (Å²) in [5, 5.41) is 16.8. The van der Waals surface area contributed by atoms with Crippen LogP contribution in [0.25, 0.3) is 4.85 Å². The van der Waals surface area contributed by atoms with Crippen LogP contribution in [0.2, 0.25) is 5.02 Å². The Kier molecular flexibility index (Phi) is 7.34. The smallest absolute Gasteiger partial charge is 0.262 e. The molecule has 12 heteroatoms. The van der Waals surface area contributed by atoms with Crippen molar-refractivity contribution in [1.82, 2.24) is 4.98 Å². The molecule has 0 saturated carbocycles. The van der Waals surface area contributed by atoms with Gasteiger partial charge in [0.15, 0.2) is 28.8 Å². The first-order valence-electron chi connectivity index (χ1n) is 9.42. The summed E-state index contributed by atoms with van der Waals surface area (Å²) >= 11 is 6.01. The monoisotopic (exact) mass is 497 g/mol. The van der Waals surface area contributed by atoms with E-state index in [0.29, 0.717) is 5.02 Å². The van der Waals surface area contributed by atoms with E-state index in [2.05, 4.69) is 15.1 Å². The Morgan fingerprint density at radius 1 is 1.24 bits per heavy atom. The van der Waals surface area contributed by atoms with Crippen LogP contribution < -0.4 is 19.9 Å². The summed E-state index contributed by atoms with van der Waals surface area (Å²) in [6, 6.07) is 13.4. The van der Waals surface area contributed by atoms with E-state index in [4.69, 9.17) is 32.8 Å². The summed E-state index contributed by atoms with van der Waals surface area (Å²) in [5.41, 5.74) is 1.06. The lowest BCUT2D eigenvalue weighted by Gasteiger charge is -2.14. The van der Waals surface area contributed by atoms with Gasteiger partial charge in [-0.15, -0.1) is 0 Å². The molecule has 0 aliphatic heterocycles. The summed E-state index contributed by atoms with van der Waals surface area (Å²) in [7, 11) is -3.97. The van der Waals surface area contributed by atoms with Crippen LogP contribution in [0, 0.1) is 24.8 Å². The Bertz CT molecular complexity index is 1460. The summed E-state index contributed by atoms with van der Waals surface area (Å²) in [6.07, 6.45) is 0. The normalized spacial score (nSPS) is 10.6. The number of aryl methyl sites for hydroxylation is 1. The van der Waals surface area contributed by atoms with Crippen molar-refractivity contribution in [2.45, 2.75) is 11.9 Å². The van der Waals surface area contributed by atoms with E-state index in [0.717, 1.165) is 0 Å². The quantitative estimate of drug-likeness (QED) is 0.469. The number of nitrogens with zero attached hydrogens (tertiary/aromatic N) is 3. The Morgan fingerprint density at radius 2 is 2.00 bits per heavy atom. The second-order valence-corrected chi connectivity index (χ2v) is 8.74. The highest BCUT2D eigenvalue weighted by Gasteiger charge is 2.15. The molecule has 34 heavy (non-hydrogen) atoms. The van der Waals surface area contributed by atoms with Crippen LogP contribution in [0.4, 0.5) is 11.4 Å². The maximum atomic E-state index is 12.4. The van der Waals surface area contributed by atoms with E-state index in [9.17, 15) is 18.5 Å². The van der Waals surface area contributed by atoms with Gasteiger partial charge in [-0.05, 0) is 49.4 Å². The number of sulfonamides is 1. The van der Waals surface area contributed by atoms with Crippen molar-refractivity contribution in [3.8, 4) is 23.3 Å². The molecule has 3 N–H and O–H groups in total. The van der Waals surface area contributed by atoms with Crippen molar-refractivity contribution >= 4 is 38.9 Å². The third-order valence-corrected chi connectivity index (χ3v) is 5.30. The van der Waals surface area contributed by atoms with Crippen LogP contribution >= 0.6 is 11.6 Å². The molecule has 1 heterocycles. The molecule has 0 aliphatic carbocycles. The van der Waals surface area contributed by atoms with E-state index in [1.54, 1.807) is 0 Å². The van der Waals surface area contributed by atoms with Gasteiger partial charge in [0.25, 0.3) is 15.9 Å². The van der Waals surface area contributed by atoms with Crippen LogP contribution in [-0.2, 0) is 14.8 Å². The first-order valence-corrected chi connectivity index (χ1v) is 11.3. The largest absolute Gasteiger partial charge is 0.480 e. The Labute approximate surface area is 200 Å². The van der Waals surface area contributed by atoms with E-state index in [1.807, 2.05) is 6.07 Å². The minimum Gasteiger partial charge on any atom is -0.480 e. The zero-order valence-electron chi connectivity index (χ0n) is 17.6. The molecule has 0 unspecified atom stereocenters. The number of pyridine rings is 1. The number of hydrogen-bond donors (Lipinski definition) is 2. The molecule has 2 aromatic carbocycles. The zero-order valence-corrected chi connectivity index (χ0v) is 19.1. The number of anilines is 1. The topological polar surface area (TPSA) is 149 Å². The molecule has 0 radical (unpaired) electrons. The molecule has 0 bridgehead atoms. The van der Waals surface area contributed by atoms with Crippen LogP contribution in [-0.4, -0.2) is 25.9 Å². The minimum absolute atomic E-state index is 0.109. The summed E-state index contributed by atoms with van der Waals surface area (Å²) < 4.78 is 34.1. The number of hydrogen-bond acceptors (Lipinski definition) is 7. The average Bonchev–Trinajstić information content (AvgIpc) is 2.78. The number of aromatic nitrogens is 1. The van der Waals surface area contributed by atoms with Gasteiger partial charge in [-0.3, -0.25) is 4.79 Å². The molecule has 3 rings (SSSR count). The third-order valence-electron chi connectivity index (χ3n) is 4.27. The third kappa shape index (κ3) is 6.21. The second-order valence-electron chi connectivity index (χ2n) is 6.80. The van der Waals surface area contributed by atoms with Gasteiger partial charge >= 0.3 is 0 Å². The van der Waals surface area contributed by atoms with Crippen LogP contribution in [0.5, 0.6) is 17.2 Å². The zero-order chi connectivity index (χ0) is 24.9. The first-order chi connectivity index (χ1) is 16.1. The maximum Gasteiger partial charge on any atom is 0.262 e. The number of nitrogens with one attached hydrogen (secondary N) is 1. The van der Waals surface area contributed by atoms with Gasteiger partial charge in [-0.25, -0.2) is 23.4 Å². The van der Waals surface area contributed by atoms with Gasteiger partial charge in [0.05, 0.1) is 29.6 Å². The van der Waals surface area contributed by atoms with Gasteiger partial charge in [0.2, 0.25) is 0 Å². The number of nitriles is 1. The predicted molar refractivity (Wildman–Crippen MR) is 123 cm³/mol. The van der Waals surface area contributed by atoms with Crippen molar-refractivity contribution in [3.63, 3.8) is 0 Å². The molecule has 10 nitrogen and oxygen atoms in total. The van der Waals surface area contributed by atoms with Crippen molar-refractivity contribution in [2.24, 2.45) is 5.14 Å². The standard InChI is InChI=1S/C22H16ClN5O5S/c1-13-18(4-6-22(27-13)34(25,30)31)28-21(29)12-32-20-7-14(11-24)3-5-19(20)33-17-9-15(23)8-16(10-17)26-2/h3-10H,12H2,1H3,(H,28,29)(H2,25,30,31). The first kappa shape index (κ1) is 24.5. The molecule has 0 aliphatic rings. The fraction of sp³-hybridized carbons (Fsp3) is 0.0909. The molecular formula is C22H16ClN5O5S. The van der Waals surface area contributed by atoms with Gasteiger partial charge in [-0.2, -0.15) is 5.26 Å². The fourth-order valence-corrected chi connectivity index (χ4v) is 3.47. The average molecular weight is 498 g/mol. The Balaban J connectivity index is 1.76. The fourth-order valence-electron chi connectivity index (χ4n) is 2.73. The number of rotatable bonds is 7. The lowest BCUT2D eigenvalue weighted by molar-refractivity contribution is -0.118. The number of primary sulfonamides is 1. The van der Waals surface area contributed by atoms with Crippen molar-refractivity contribution in [2.75, 3.05) is 11.9 Å². The number of ether oxygens (including phenoxy) is 2. The summed E-state index contributed by atoms with van der Waals surface area (Å²) in [6.45, 7) is 8.20. The van der Waals surface area contributed by atoms with Crippen molar-refractivity contribution in [1.29, 1.82) is 5.26 Å². The number of halogens is 1. The second kappa shape index (κ2) is 10.2. The number of carbonyl (C=O) groups is 1. The number of amides is 1. The van der Waals surface area contributed by atoms with Gasteiger partial charge in [-0.1, -0.05) is 11.6 Å². The number of benzene rings is 2. The van der Waals surface area contributed by atoms with Crippen LogP contribution in [0.3, 0.4) is 0 Å². The Hall–Kier alpha value is -4.16. The summed E-state index contributed by atoms with van der Waals surface area (Å²) in [5.74, 6) is 0.00655. The van der Waals surface area contributed by atoms with E-state index >= 15 is 0 Å². The molecule has 0 atom stereocenters. The van der Waals surface area contributed by atoms with E-state index in [-0.39, 0.29) is 44.9 Å². The lowest BCUT2D eigenvalue weighted by atomic mass is 10.2. The molecule has 3 aromatic rings. The SMILES string of the molecule is [C-]#[N+]c1cc(Cl)cc(Oc2ccc(C#N)cc2OCC(=O)Nc2ccc(S(N)(=O)=O)nc2C)c1. The van der Waals surface area contributed by atoms with Crippen molar-refractivity contribution in [3.05, 3.63) is 76.2 Å². The molecule has 1 aromatic heterocycles. The minimum atomic E-state index is -3.97. The molecule has 172 valence electrons. The van der Waals surface area contributed by atoms with E-state index in [1.165, 1.54) is 55.5 Å². The van der Waals surface area contributed by atoms with Crippen LogP contribution in [0.15, 0.2) is 53.6 Å². The predicted octanol–water partition coefficient (Wildman–Crippen LogP) is 3.92. The molecule has 1 amide bonds.